The number of H-pyrrole nitrogens is 1. The third-order valence-electron chi connectivity index (χ3n) is 2.84. The molecule has 18 heavy (non-hydrogen) atoms. The fourth-order valence-corrected chi connectivity index (χ4v) is 2.52. The zero-order valence-electron chi connectivity index (χ0n) is 10.0. The smallest absolute Gasteiger partial charge is 0.180 e. The van der Waals surface area contributed by atoms with E-state index in [9.17, 15) is 0 Å². The summed E-state index contributed by atoms with van der Waals surface area (Å²) in [6.07, 6.45) is 1.76. The summed E-state index contributed by atoms with van der Waals surface area (Å²) < 4.78 is 9.58. The molecule has 3 rings (SSSR count). The van der Waals surface area contributed by atoms with Crippen LogP contribution in [0.1, 0.15) is 22.6 Å². The molecule has 2 aromatic heterocycles. The van der Waals surface area contributed by atoms with Crippen LogP contribution in [0.4, 0.5) is 0 Å². The van der Waals surface area contributed by atoms with Gasteiger partial charge in [0.2, 0.25) is 0 Å². The molecule has 0 spiro atoms. The van der Waals surface area contributed by atoms with E-state index in [0.29, 0.717) is 6.61 Å². The summed E-state index contributed by atoms with van der Waals surface area (Å²) in [4.78, 5) is 7.81. The first-order valence-electron chi connectivity index (χ1n) is 5.80. The van der Waals surface area contributed by atoms with Crippen molar-refractivity contribution in [1.29, 1.82) is 0 Å². The van der Waals surface area contributed by atoms with Gasteiger partial charge in [-0.3, -0.25) is 10.00 Å². The van der Waals surface area contributed by atoms with E-state index in [4.69, 9.17) is 4.74 Å². The molecule has 1 aliphatic heterocycles. The number of aromatic amines is 1. The van der Waals surface area contributed by atoms with Crippen molar-refractivity contribution in [2.45, 2.75) is 19.6 Å². The molecule has 0 aromatic carbocycles. The highest BCUT2D eigenvalue weighted by molar-refractivity contribution is 7.05. The number of aromatic nitrogens is 5. The number of rotatable bonds is 3. The lowest BCUT2D eigenvalue weighted by atomic mass is 10.2. The van der Waals surface area contributed by atoms with Gasteiger partial charge in [0.1, 0.15) is 11.9 Å². The maximum atomic E-state index is 5.71. The van der Waals surface area contributed by atoms with E-state index in [-0.39, 0.29) is 6.10 Å². The van der Waals surface area contributed by atoms with Crippen molar-refractivity contribution in [3.63, 3.8) is 0 Å². The number of morpholine rings is 1. The molecule has 0 aliphatic carbocycles. The van der Waals surface area contributed by atoms with Crippen molar-refractivity contribution in [2.24, 2.45) is 0 Å². The molecule has 3 heterocycles. The van der Waals surface area contributed by atoms with Gasteiger partial charge in [0, 0.05) is 19.6 Å². The summed E-state index contributed by atoms with van der Waals surface area (Å²) in [5.74, 6) is 1.55. The average molecular weight is 266 g/mol. The molecule has 1 saturated heterocycles. The van der Waals surface area contributed by atoms with Gasteiger partial charge in [-0.15, -0.1) is 5.10 Å². The predicted molar refractivity (Wildman–Crippen MR) is 65.0 cm³/mol. The van der Waals surface area contributed by atoms with Crippen LogP contribution in [0.15, 0.2) is 6.20 Å². The lowest BCUT2D eigenvalue weighted by molar-refractivity contribution is -0.0367. The molecular weight excluding hydrogens is 252 g/mol. The minimum atomic E-state index is -0.0513. The first kappa shape index (κ1) is 11.7. The fraction of sp³-hybridized carbons (Fsp3) is 0.600. The Labute approximate surface area is 108 Å². The molecule has 0 amide bonds. The summed E-state index contributed by atoms with van der Waals surface area (Å²) in [6.45, 7) is 5.17. The molecule has 1 N–H and O–H groups in total. The lowest BCUT2D eigenvalue weighted by Crippen LogP contribution is -2.38. The number of hydrogen-bond acceptors (Lipinski definition) is 7. The Kier molecular flexibility index (Phi) is 3.31. The molecule has 0 saturated carbocycles. The molecule has 7 nitrogen and oxygen atoms in total. The van der Waals surface area contributed by atoms with E-state index >= 15 is 0 Å². The Morgan fingerprint density at radius 1 is 1.61 bits per heavy atom. The number of ether oxygens (including phenoxy) is 1. The molecule has 0 radical (unpaired) electrons. The second-order valence-corrected chi connectivity index (χ2v) is 5.13. The molecule has 1 fully saturated rings. The number of hydrogen-bond donors (Lipinski definition) is 1. The van der Waals surface area contributed by atoms with E-state index in [1.807, 2.05) is 13.1 Å². The van der Waals surface area contributed by atoms with Gasteiger partial charge >= 0.3 is 0 Å². The second-order valence-electron chi connectivity index (χ2n) is 4.26. The standard InChI is InChI=1S/C10H14N6OS/c1-7-12-10(14-13-7)9-6-16(2-3-17-9)5-8-4-11-15-18-8/h4,9H,2-3,5-6H2,1H3,(H,12,13,14). The van der Waals surface area contributed by atoms with Crippen LogP contribution in [-0.2, 0) is 11.3 Å². The third kappa shape index (κ3) is 2.55. The Bertz CT molecular complexity index is 498. The number of nitrogens with one attached hydrogen (secondary N) is 1. The third-order valence-corrected chi connectivity index (χ3v) is 3.48. The summed E-state index contributed by atoms with van der Waals surface area (Å²) in [7, 11) is 0. The van der Waals surface area contributed by atoms with E-state index in [1.54, 1.807) is 0 Å². The van der Waals surface area contributed by atoms with Crippen molar-refractivity contribution in [3.8, 4) is 0 Å². The topological polar surface area (TPSA) is 79.8 Å². The van der Waals surface area contributed by atoms with Gasteiger partial charge in [-0.25, -0.2) is 4.98 Å². The van der Waals surface area contributed by atoms with Crippen molar-refractivity contribution >= 4 is 11.5 Å². The highest BCUT2D eigenvalue weighted by Gasteiger charge is 2.25. The van der Waals surface area contributed by atoms with Gasteiger partial charge in [-0.2, -0.15) is 5.10 Å². The molecule has 96 valence electrons. The highest BCUT2D eigenvalue weighted by atomic mass is 32.1. The van der Waals surface area contributed by atoms with Crippen molar-refractivity contribution < 1.29 is 4.74 Å². The minimum absolute atomic E-state index is 0.0513. The maximum absolute atomic E-state index is 5.71. The lowest BCUT2D eigenvalue weighted by Gasteiger charge is -2.30. The molecular formula is C10H14N6OS. The molecule has 8 heteroatoms. The van der Waals surface area contributed by atoms with Gasteiger partial charge in [-0.05, 0) is 18.5 Å². The molecule has 1 aliphatic rings. The molecule has 0 bridgehead atoms. The van der Waals surface area contributed by atoms with Gasteiger partial charge in [0.15, 0.2) is 5.82 Å². The van der Waals surface area contributed by atoms with Gasteiger partial charge < -0.3 is 4.74 Å². The van der Waals surface area contributed by atoms with Crippen LogP contribution in [-0.4, -0.2) is 49.4 Å². The van der Waals surface area contributed by atoms with Crippen LogP contribution in [0.5, 0.6) is 0 Å². The van der Waals surface area contributed by atoms with Gasteiger partial charge in [0.05, 0.1) is 17.7 Å². The molecule has 2 aromatic rings. The van der Waals surface area contributed by atoms with E-state index < -0.39 is 0 Å². The van der Waals surface area contributed by atoms with Crippen LogP contribution in [0.3, 0.4) is 0 Å². The summed E-state index contributed by atoms with van der Waals surface area (Å²) in [5, 5.41) is 10.9. The van der Waals surface area contributed by atoms with Crippen LogP contribution in [0.25, 0.3) is 0 Å². The van der Waals surface area contributed by atoms with Crippen LogP contribution in [0.2, 0.25) is 0 Å². The highest BCUT2D eigenvalue weighted by Crippen LogP contribution is 2.20. The fourth-order valence-electron chi connectivity index (χ4n) is 1.98. The Hall–Kier alpha value is -1.38. The summed E-state index contributed by atoms with van der Waals surface area (Å²) in [6, 6.07) is 0. The van der Waals surface area contributed by atoms with Crippen molar-refractivity contribution in [2.75, 3.05) is 19.7 Å². The van der Waals surface area contributed by atoms with E-state index in [2.05, 4.69) is 29.7 Å². The van der Waals surface area contributed by atoms with Crippen molar-refractivity contribution in [1.82, 2.24) is 29.7 Å². The normalized spacial score (nSPS) is 21.3. The monoisotopic (exact) mass is 266 g/mol. The maximum Gasteiger partial charge on any atom is 0.180 e. The zero-order chi connectivity index (χ0) is 12.4. The largest absolute Gasteiger partial charge is 0.367 e. The van der Waals surface area contributed by atoms with Crippen LogP contribution < -0.4 is 0 Å². The van der Waals surface area contributed by atoms with E-state index in [0.717, 1.165) is 31.3 Å². The SMILES string of the molecule is Cc1nc(C2CN(Cc3cnns3)CCO2)n[nH]1. The van der Waals surface area contributed by atoms with E-state index in [1.165, 1.54) is 16.4 Å². The summed E-state index contributed by atoms with van der Waals surface area (Å²) in [5.41, 5.74) is 0. The number of aryl methyl sites for hydroxylation is 1. The first-order chi connectivity index (χ1) is 8.81. The first-order valence-corrected chi connectivity index (χ1v) is 6.57. The van der Waals surface area contributed by atoms with Crippen LogP contribution >= 0.6 is 11.5 Å². The van der Waals surface area contributed by atoms with Gasteiger partial charge in [0.25, 0.3) is 0 Å². The summed E-state index contributed by atoms with van der Waals surface area (Å²) >= 11 is 1.44. The number of nitrogens with zero attached hydrogens (tertiary/aromatic N) is 5. The minimum Gasteiger partial charge on any atom is -0.367 e. The molecule has 1 atom stereocenters. The van der Waals surface area contributed by atoms with Crippen molar-refractivity contribution in [3.05, 3.63) is 22.7 Å². The molecule has 1 unspecified atom stereocenters. The van der Waals surface area contributed by atoms with Gasteiger partial charge in [-0.1, -0.05) is 4.49 Å². The van der Waals surface area contributed by atoms with Crippen LogP contribution in [0, 0.1) is 6.92 Å². The quantitative estimate of drug-likeness (QED) is 0.873. The average Bonchev–Trinajstić information content (AvgIpc) is 3.01. The Balaban J connectivity index is 1.65. The zero-order valence-corrected chi connectivity index (χ0v) is 10.9. The second kappa shape index (κ2) is 5.09. The Morgan fingerprint density at radius 2 is 2.56 bits per heavy atom. The Morgan fingerprint density at radius 3 is 3.28 bits per heavy atom. The predicted octanol–water partition coefficient (Wildman–Crippen LogP) is 0.538.